The first kappa shape index (κ1) is 8.06. The topological polar surface area (TPSA) is 0 Å². The Labute approximate surface area is 81.4 Å². The Hall–Kier alpha value is -0.560. The van der Waals surface area contributed by atoms with E-state index in [0.717, 1.165) is 0 Å². The van der Waals surface area contributed by atoms with E-state index in [1.54, 1.807) is 0 Å². The summed E-state index contributed by atoms with van der Waals surface area (Å²) in [6, 6.07) is 6.48. The highest BCUT2D eigenvalue weighted by molar-refractivity contribution is 9.10. The number of allylic oxidation sites excluding steroid dienone is 1. The van der Waals surface area contributed by atoms with Crippen molar-refractivity contribution in [1.82, 2.24) is 0 Å². The summed E-state index contributed by atoms with van der Waals surface area (Å²) in [5.74, 6) is 0.687. The molecule has 1 unspecified atom stereocenters. The summed E-state index contributed by atoms with van der Waals surface area (Å²) in [6.45, 7) is 2.25. The van der Waals surface area contributed by atoms with Gasteiger partial charge in [0.05, 0.1) is 0 Å². The molecule has 0 saturated heterocycles. The first-order valence-corrected chi connectivity index (χ1v) is 5.01. The molecule has 0 nitrogen and oxygen atoms in total. The van der Waals surface area contributed by atoms with Crippen LogP contribution in [-0.4, -0.2) is 0 Å². The Balaban J connectivity index is 2.47. The van der Waals surface area contributed by atoms with Crippen molar-refractivity contribution in [1.29, 1.82) is 0 Å². The van der Waals surface area contributed by atoms with Crippen LogP contribution in [-0.2, 0) is 6.42 Å². The maximum atomic E-state index is 3.49. The van der Waals surface area contributed by atoms with E-state index in [-0.39, 0.29) is 0 Å². The Morgan fingerprint density at radius 1 is 1.42 bits per heavy atom. The molecule has 0 saturated carbocycles. The molecule has 0 heterocycles. The zero-order valence-electron chi connectivity index (χ0n) is 7.05. The zero-order valence-corrected chi connectivity index (χ0v) is 8.64. The summed E-state index contributed by atoms with van der Waals surface area (Å²) in [4.78, 5) is 0. The largest absolute Gasteiger partial charge is 0.0808 e. The van der Waals surface area contributed by atoms with Crippen LogP contribution in [0.15, 0.2) is 28.7 Å². The molecular formula is C11H11Br. The monoisotopic (exact) mass is 222 g/mol. The van der Waals surface area contributed by atoms with E-state index < -0.39 is 0 Å². The molecule has 1 aliphatic rings. The number of hydrogen-bond donors (Lipinski definition) is 0. The van der Waals surface area contributed by atoms with Crippen molar-refractivity contribution in [2.24, 2.45) is 5.92 Å². The number of hydrogen-bond acceptors (Lipinski definition) is 0. The molecule has 0 amide bonds. The van der Waals surface area contributed by atoms with E-state index in [2.05, 4.69) is 53.2 Å². The van der Waals surface area contributed by atoms with Crippen LogP contribution in [0.3, 0.4) is 0 Å². The van der Waals surface area contributed by atoms with Crippen LogP contribution in [0.25, 0.3) is 6.08 Å². The second-order valence-corrected chi connectivity index (χ2v) is 4.30. The SMILES string of the molecule is CC1C=Cc2ccc(Br)cc2C1. The van der Waals surface area contributed by atoms with Crippen LogP contribution in [0.2, 0.25) is 0 Å². The van der Waals surface area contributed by atoms with E-state index in [9.17, 15) is 0 Å². The van der Waals surface area contributed by atoms with Crippen molar-refractivity contribution in [2.75, 3.05) is 0 Å². The predicted molar refractivity (Wildman–Crippen MR) is 56.0 cm³/mol. The van der Waals surface area contributed by atoms with Crippen molar-refractivity contribution in [3.05, 3.63) is 39.9 Å². The first-order valence-electron chi connectivity index (χ1n) is 4.22. The molecule has 0 N–H and O–H groups in total. The summed E-state index contributed by atoms with van der Waals surface area (Å²) < 4.78 is 1.18. The summed E-state index contributed by atoms with van der Waals surface area (Å²) in [5, 5.41) is 0. The van der Waals surface area contributed by atoms with E-state index in [4.69, 9.17) is 0 Å². The maximum Gasteiger partial charge on any atom is 0.0178 e. The smallest absolute Gasteiger partial charge is 0.0178 e. The predicted octanol–water partition coefficient (Wildman–Crippen LogP) is 3.65. The van der Waals surface area contributed by atoms with Gasteiger partial charge in [-0.25, -0.2) is 0 Å². The Bertz CT molecular complexity index is 326. The second kappa shape index (κ2) is 3.06. The minimum atomic E-state index is 0.687. The Morgan fingerprint density at radius 2 is 2.25 bits per heavy atom. The summed E-state index contributed by atoms with van der Waals surface area (Å²) in [6.07, 6.45) is 5.66. The third-order valence-electron chi connectivity index (χ3n) is 2.25. The molecule has 0 bridgehead atoms. The summed E-state index contributed by atoms with van der Waals surface area (Å²) >= 11 is 3.49. The summed E-state index contributed by atoms with van der Waals surface area (Å²) in [5.41, 5.74) is 2.83. The van der Waals surface area contributed by atoms with Gasteiger partial charge in [-0.2, -0.15) is 0 Å². The molecule has 0 spiro atoms. The molecule has 0 aromatic heterocycles. The van der Waals surface area contributed by atoms with Crippen LogP contribution in [0.4, 0.5) is 0 Å². The minimum absolute atomic E-state index is 0.687. The molecule has 2 rings (SSSR count). The van der Waals surface area contributed by atoms with Gasteiger partial charge in [-0.3, -0.25) is 0 Å². The van der Waals surface area contributed by atoms with E-state index in [1.807, 2.05) is 0 Å². The lowest BCUT2D eigenvalue weighted by Crippen LogP contribution is -2.02. The van der Waals surface area contributed by atoms with Crippen LogP contribution >= 0.6 is 15.9 Å². The third kappa shape index (κ3) is 1.46. The highest BCUT2D eigenvalue weighted by Gasteiger charge is 2.09. The molecular weight excluding hydrogens is 212 g/mol. The molecule has 1 aromatic rings. The van der Waals surface area contributed by atoms with Crippen molar-refractivity contribution < 1.29 is 0 Å². The van der Waals surface area contributed by atoms with Gasteiger partial charge in [-0.15, -0.1) is 0 Å². The van der Waals surface area contributed by atoms with E-state index in [0.29, 0.717) is 5.92 Å². The standard InChI is InChI=1S/C11H11Br/c1-8-2-3-9-4-5-11(12)7-10(9)6-8/h2-5,7-8H,6H2,1H3. The van der Waals surface area contributed by atoms with Gasteiger partial charge in [0.25, 0.3) is 0 Å². The van der Waals surface area contributed by atoms with Gasteiger partial charge in [0.15, 0.2) is 0 Å². The summed E-state index contributed by atoms with van der Waals surface area (Å²) in [7, 11) is 0. The number of rotatable bonds is 0. The van der Waals surface area contributed by atoms with Gasteiger partial charge in [-0.1, -0.05) is 41.1 Å². The fourth-order valence-electron chi connectivity index (χ4n) is 1.60. The van der Waals surface area contributed by atoms with Gasteiger partial charge in [0.2, 0.25) is 0 Å². The average Bonchev–Trinajstić information content (AvgIpc) is 2.03. The molecule has 0 radical (unpaired) electrons. The van der Waals surface area contributed by atoms with E-state index >= 15 is 0 Å². The van der Waals surface area contributed by atoms with Crippen molar-refractivity contribution >= 4 is 22.0 Å². The molecule has 1 aromatic carbocycles. The van der Waals surface area contributed by atoms with Crippen molar-refractivity contribution in [3.8, 4) is 0 Å². The molecule has 1 atom stereocenters. The fraction of sp³-hybridized carbons (Fsp3) is 0.273. The lowest BCUT2D eigenvalue weighted by molar-refractivity contribution is 0.717. The van der Waals surface area contributed by atoms with Gasteiger partial charge >= 0.3 is 0 Å². The normalized spacial score (nSPS) is 20.7. The van der Waals surface area contributed by atoms with Crippen molar-refractivity contribution in [3.63, 3.8) is 0 Å². The second-order valence-electron chi connectivity index (χ2n) is 3.38. The van der Waals surface area contributed by atoms with Gasteiger partial charge in [0, 0.05) is 4.47 Å². The number of benzene rings is 1. The third-order valence-corrected chi connectivity index (χ3v) is 2.74. The van der Waals surface area contributed by atoms with Crippen LogP contribution < -0.4 is 0 Å². The Morgan fingerprint density at radius 3 is 3.08 bits per heavy atom. The lowest BCUT2D eigenvalue weighted by atomic mass is 9.91. The van der Waals surface area contributed by atoms with Crippen LogP contribution in [0.1, 0.15) is 18.1 Å². The van der Waals surface area contributed by atoms with E-state index in [1.165, 1.54) is 22.0 Å². The number of fused-ring (bicyclic) bond motifs is 1. The molecule has 0 aliphatic heterocycles. The maximum absolute atomic E-state index is 3.49. The van der Waals surface area contributed by atoms with Crippen LogP contribution in [0, 0.1) is 5.92 Å². The van der Waals surface area contributed by atoms with Gasteiger partial charge in [0.1, 0.15) is 0 Å². The average molecular weight is 223 g/mol. The fourth-order valence-corrected chi connectivity index (χ4v) is 2.01. The molecule has 12 heavy (non-hydrogen) atoms. The molecule has 62 valence electrons. The van der Waals surface area contributed by atoms with Crippen LogP contribution in [0.5, 0.6) is 0 Å². The highest BCUT2D eigenvalue weighted by Crippen LogP contribution is 2.25. The quantitative estimate of drug-likeness (QED) is 0.629. The number of halogens is 1. The van der Waals surface area contributed by atoms with Gasteiger partial charge in [-0.05, 0) is 35.6 Å². The minimum Gasteiger partial charge on any atom is -0.0808 e. The highest BCUT2D eigenvalue weighted by atomic mass is 79.9. The molecule has 1 heteroatoms. The molecule has 1 aliphatic carbocycles. The molecule has 0 fully saturated rings. The first-order chi connectivity index (χ1) is 5.75. The lowest BCUT2D eigenvalue weighted by Gasteiger charge is -2.15. The Kier molecular flexibility index (Phi) is 2.05. The van der Waals surface area contributed by atoms with Crippen molar-refractivity contribution in [2.45, 2.75) is 13.3 Å². The van der Waals surface area contributed by atoms with Gasteiger partial charge < -0.3 is 0 Å². The zero-order chi connectivity index (χ0) is 8.55.